The SMILES string of the molecule is CC(C)NCc1cccc(CN2CCC3CCCCC32)n1. The Kier molecular flexibility index (Phi) is 4.91. The first kappa shape index (κ1) is 15.0. The molecule has 2 atom stereocenters. The standard InChI is InChI=1S/C18H29N3/c1-14(2)19-12-16-7-5-8-17(20-16)13-21-11-10-15-6-3-4-9-18(15)21/h5,7-8,14-15,18-19H,3-4,6,9-13H2,1-2H3. The molecule has 0 aromatic carbocycles. The molecule has 116 valence electrons. The van der Waals surface area contributed by atoms with Gasteiger partial charge in [0.15, 0.2) is 0 Å². The normalized spacial score (nSPS) is 26.2. The monoisotopic (exact) mass is 287 g/mol. The van der Waals surface area contributed by atoms with E-state index < -0.39 is 0 Å². The predicted molar refractivity (Wildman–Crippen MR) is 87.0 cm³/mol. The lowest BCUT2D eigenvalue weighted by atomic mass is 9.85. The maximum absolute atomic E-state index is 4.84. The lowest BCUT2D eigenvalue weighted by Gasteiger charge is -2.31. The van der Waals surface area contributed by atoms with Crippen molar-refractivity contribution < 1.29 is 0 Å². The van der Waals surface area contributed by atoms with E-state index in [0.717, 1.165) is 25.0 Å². The fraction of sp³-hybridized carbons (Fsp3) is 0.722. The summed E-state index contributed by atoms with van der Waals surface area (Å²) in [6.07, 6.45) is 7.12. The van der Waals surface area contributed by atoms with Crippen molar-refractivity contribution in [2.45, 2.75) is 71.1 Å². The zero-order chi connectivity index (χ0) is 14.7. The van der Waals surface area contributed by atoms with Crippen LogP contribution in [0.4, 0.5) is 0 Å². The number of likely N-dealkylation sites (tertiary alicyclic amines) is 1. The van der Waals surface area contributed by atoms with Gasteiger partial charge >= 0.3 is 0 Å². The first-order chi connectivity index (χ1) is 10.2. The lowest BCUT2D eigenvalue weighted by Crippen LogP contribution is -2.34. The van der Waals surface area contributed by atoms with Crippen LogP contribution in [0.3, 0.4) is 0 Å². The molecule has 0 bridgehead atoms. The van der Waals surface area contributed by atoms with Crippen molar-refractivity contribution in [2.75, 3.05) is 6.54 Å². The summed E-state index contributed by atoms with van der Waals surface area (Å²) in [5, 5.41) is 3.45. The summed E-state index contributed by atoms with van der Waals surface area (Å²) in [5.74, 6) is 0.963. The van der Waals surface area contributed by atoms with Crippen molar-refractivity contribution in [3.05, 3.63) is 29.6 Å². The summed E-state index contributed by atoms with van der Waals surface area (Å²) in [6.45, 7) is 7.54. The molecule has 3 heteroatoms. The maximum Gasteiger partial charge on any atom is 0.0547 e. The number of nitrogens with one attached hydrogen (secondary N) is 1. The number of aromatic nitrogens is 1. The molecule has 2 unspecified atom stereocenters. The van der Waals surface area contributed by atoms with Crippen LogP contribution >= 0.6 is 0 Å². The molecule has 0 amide bonds. The number of hydrogen-bond acceptors (Lipinski definition) is 3. The van der Waals surface area contributed by atoms with E-state index in [1.54, 1.807) is 0 Å². The van der Waals surface area contributed by atoms with Crippen LogP contribution in [-0.4, -0.2) is 28.5 Å². The molecule has 2 fully saturated rings. The van der Waals surface area contributed by atoms with Crippen molar-refractivity contribution in [3.8, 4) is 0 Å². The fourth-order valence-electron chi connectivity index (χ4n) is 3.93. The Labute approximate surface area is 129 Å². The summed E-state index contributed by atoms with van der Waals surface area (Å²) < 4.78 is 0. The Balaban J connectivity index is 1.61. The third kappa shape index (κ3) is 3.83. The van der Waals surface area contributed by atoms with E-state index in [0.29, 0.717) is 6.04 Å². The minimum atomic E-state index is 0.511. The number of fused-ring (bicyclic) bond motifs is 1. The minimum absolute atomic E-state index is 0.511. The number of nitrogens with zero attached hydrogens (tertiary/aromatic N) is 2. The van der Waals surface area contributed by atoms with Crippen LogP contribution in [0.2, 0.25) is 0 Å². The van der Waals surface area contributed by atoms with Crippen molar-refractivity contribution in [3.63, 3.8) is 0 Å². The molecule has 3 rings (SSSR count). The molecule has 3 nitrogen and oxygen atoms in total. The highest BCUT2D eigenvalue weighted by Gasteiger charge is 2.35. The molecule has 2 aliphatic rings. The van der Waals surface area contributed by atoms with Gasteiger partial charge in [-0.3, -0.25) is 9.88 Å². The minimum Gasteiger partial charge on any atom is -0.309 e. The molecule has 2 heterocycles. The van der Waals surface area contributed by atoms with Crippen LogP contribution in [0, 0.1) is 5.92 Å². The summed E-state index contributed by atoms with van der Waals surface area (Å²) in [4.78, 5) is 7.53. The quantitative estimate of drug-likeness (QED) is 0.900. The second kappa shape index (κ2) is 6.89. The molecule has 1 saturated carbocycles. The van der Waals surface area contributed by atoms with E-state index >= 15 is 0 Å². The van der Waals surface area contributed by atoms with E-state index in [9.17, 15) is 0 Å². The van der Waals surface area contributed by atoms with Crippen molar-refractivity contribution in [1.29, 1.82) is 0 Å². The highest BCUT2D eigenvalue weighted by molar-refractivity contribution is 5.12. The zero-order valence-corrected chi connectivity index (χ0v) is 13.5. The highest BCUT2D eigenvalue weighted by atomic mass is 15.2. The average Bonchev–Trinajstić information content (AvgIpc) is 2.89. The molecule has 1 aromatic heterocycles. The van der Waals surface area contributed by atoms with Gasteiger partial charge in [0.25, 0.3) is 0 Å². The van der Waals surface area contributed by atoms with Gasteiger partial charge in [0.2, 0.25) is 0 Å². The Morgan fingerprint density at radius 3 is 2.86 bits per heavy atom. The molecular weight excluding hydrogens is 258 g/mol. The second-order valence-corrected chi connectivity index (χ2v) is 7.03. The van der Waals surface area contributed by atoms with Crippen LogP contribution in [0.1, 0.15) is 57.3 Å². The number of hydrogen-bond donors (Lipinski definition) is 1. The van der Waals surface area contributed by atoms with Gasteiger partial charge in [-0.2, -0.15) is 0 Å². The third-order valence-electron chi connectivity index (χ3n) is 5.05. The van der Waals surface area contributed by atoms with Crippen LogP contribution in [-0.2, 0) is 13.1 Å². The lowest BCUT2D eigenvalue weighted by molar-refractivity contribution is 0.174. The Bertz CT molecular complexity index is 458. The van der Waals surface area contributed by atoms with Gasteiger partial charge in [-0.25, -0.2) is 0 Å². The van der Waals surface area contributed by atoms with E-state index in [1.165, 1.54) is 50.0 Å². The molecule has 1 N–H and O–H groups in total. The molecule has 1 saturated heterocycles. The maximum atomic E-state index is 4.84. The summed E-state index contributed by atoms with van der Waals surface area (Å²) in [5.41, 5.74) is 2.41. The van der Waals surface area contributed by atoms with Crippen molar-refractivity contribution in [2.24, 2.45) is 5.92 Å². The van der Waals surface area contributed by atoms with Crippen LogP contribution in [0.5, 0.6) is 0 Å². The van der Waals surface area contributed by atoms with E-state index in [-0.39, 0.29) is 0 Å². The third-order valence-corrected chi connectivity index (χ3v) is 5.05. The van der Waals surface area contributed by atoms with Gasteiger partial charge in [0.1, 0.15) is 0 Å². The number of pyridine rings is 1. The van der Waals surface area contributed by atoms with Gasteiger partial charge in [0.05, 0.1) is 11.4 Å². The first-order valence-electron chi connectivity index (χ1n) is 8.64. The smallest absolute Gasteiger partial charge is 0.0547 e. The van der Waals surface area contributed by atoms with Crippen molar-refractivity contribution in [1.82, 2.24) is 15.2 Å². The molecule has 1 aliphatic heterocycles. The summed E-state index contributed by atoms with van der Waals surface area (Å²) in [6, 6.07) is 7.82. The second-order valence-electron chi connectivity index (χ2n) is 7.03. The van der Waals surface area contributed by atoms with Crippen LogP contribution in [0.15, 0.2) is 18.2 Å². The molecule has 1 aliphatic carbocycles. The van der Waals surface area contributed by atoms with Crippen LogP contribution in [0.25, 0.3) is 0 Å². The van der Waals surface area contributed by atoms with E-state index in [2.05, 4.69) is 42.3 Å². The molecule has 21 heavy (non-hydrogen) atoms. The van der Waals surface area contributed by atoms with E-state index in [1.807, 2.05) is 0 Å². The highest BCUT2D eigenvalue weighted by Crippen LogP contribution is 2.36. The van der Waals surface area contributed by atoms with Crippen LogP contribution < -0.4 is 5.32 Å². The van der Waals surface area contributed by atoms with Gasteiger partial charge in [-0.1, -0.05) is 32.8 Å². The molecule has 1 aromatic rings. The van der Waals surface area contributed by atoms with Crippen molar-refractivity contribution >= 4 is 0 Å². The number of rotatable bonds is 5. The molecule has 0 spiro atoms. The summed E-state index contributed by atoms with van der Waals surface area (Å²) in [7, 11) is 0. The Morgan fingerprint density at radius 1 is 1.19 bits per heavy atom. The molecule has 0 radical (unpaired) electrons. The summed E-state index contributed by atoms with van der Waals surface area (Å²) >= 11 is 0. The van der Waals surface area contributed by atoms with Gasteiger partial charge in [-0.05, 0) is 43.9 Å². The predicted octanol–water partition coefficient (Wildman–Crippen LogP) is 3.34. The fourth-order valence-corrected chi connectivity index (χ4v) is 3.93. The first-order valence-corrected chi connectivity index (χ1v) is 8.64. The van der Waals surface area contributed by atoms with Gasteiger partial charge < -0.3 is 5.32 Å². The van der Waals surface area contributed by atoms with Gasteiger partial charge in [0, 0.05) is 25.2 Å². The Morgan fingerprint density at radius 2 is 2.00 bits per heavy atom. The molecular formula is C18H29N3. The van der Waals surface area contributed by atoms with Gasteiger partial charge in [-0.15, -0.1) is 0 Å². The average molecular weight is 287 g/mol. The zero-order valence-electron chi connectivity index (χ0n) is 13.5. The topological polar surface area (TPSA) is 28.2 Å². The Hall–Kier alpha value is -0.930. The largest absolute Gasteiger partial charge is 0.309 e. The van der Waals surface area contributed by atoms with E-state index in [4.69, 9.17) is 4.98 Å².